The molecule has 3 heterocycles. The van der Waals surface area contributed by atoms with E-state index in [4.69, 9.17) is 36.3 Å². The number of benzene rings is 1. The van der Waals surface area contributed by atoms with Gasteiger partial charge in [-0.1, -0.05) is 5.16 Å². The number of nitrogens with one attached hydrogen (secondary N) is 1. The van der Waals surface area contributed by atoms with Crippen LogP contribution in [-0.4, -0.2) is 92.8 Å². The molecule has 2 aromatic rings. The molecule has 1 saturated heterocycles. The highest BCUT2D eigenvalue weighted by Gasteiger charge is 2.58. The van der Waals surface area contributed by atoms with Crippen molar-refractivity contribution in [3.63, 3.8) is 0 Å². The maximum Gasteiger partial charge on any atom is 0.418 e. The van der Waals surface area contributed by atoms with Crippen molar-refractivity contribution in [2.24, 2.45) is 21.6 Å². The van der Waals surface area contributed by atoms with Gasteiger partial charge in [-0.05, 0) is 89.5 Å². The summed E-state index contributed by atoms with van der Waals surface area (Å²) in [4.78, 5) is 53.2. The Kier molecular flexibility index (Phi) is 10.4. The van der Waals surface area contributed by atoms with Crippen molar-refractivity contribution in [1.82, 2.24) is 15.4 Å². The second-order valence-electron chi connectivity index (χ2n) is 13.1. The highest BCUT2D eigenvalue weighted by Crippen LogP contribution is 2.35. The van der Waals surface area contributed by atoms with E-state index in [9.17, 15) is 27.9 Å². The fourth-order valence-corrected chi connectivity index (χ4v) is 7.04. The van der Waals surface area contributed by atoms with E-state index in [1.807, 2.05) is 6.07 Å². The number of nitrogen functional groups attached to an aromatic ring is 1. The van der Waals surface area contributed by atoms with Crippen LogP contribution in [0.25, 0.3) is 0 Å². The molecule has 1 aliphatic carbocycles. The summed E-state index contributed by atoms with van der Waals surface area (Å²) in [5.74, 6) is -2.62. The number of ether oxygens (including phenoxy) is 1. The minimum Gasteiger partial charge on any atom is -0.485 e. The highest BCUT2D eigenvalue weighted by atomic mass is 32.3. The van der Waals surface area contributed by atoms with Crippen LogP contribution in [0, 0.1) is 0 Å². The number of aromatic nitrogens is 1. The number of hydrogen-bond acceptors (Lipinski definition) is 14. The first-order valence-corrected chi connectivity index (χ1v) is 18.0. The summed E-state index contributed by atoms with van der Waals surface area (Å²) >= 11 is 0.967. The lowest BCUT2D eigenvalue weighted by Crippen LogP contribution is -2.76. The number of hydrogen-bond donors (Lipinski definition) is 6. The Bertz CT molecular complexity index is 1830. The molecule has 1 saturated carbocycles. The molecule has 5 rings (SSSR count). The van der Waals surface area contributed by atoms with Crippen molar-refractivity contribution in [1.29, 1.82) is 0 Å². The lowest BCUT2D eigenvalue weighted by atomic mass is 9.84. The van der Waals surface area contributed by atoms with Crippen molar-refractivity contribution in [2.75, 3.05) is 5.73 Å². The first-order chi connectivity index (χ1) is 23.4. The van der Waals surface area contributed by atoms with Gasteiger partial charge in [0, 0.05) is 17.0 Å². The Morgan fingerprint density at radius 3 is 2.60 bits per heavy atom. The Balaban J connectivity index is 1.34. The Morgan fingerprint density at radius 1 is 1.22 bits per heavy atom. The fourth-order valence-electron chi connectivity index (χ4n) is 6.04. The number of fused-ring (bicyclic) bond motifs is 1. The van der Waals surface area contributed by atoms with Gasteiger partial charge in [0.05, 0.1) is 11.6 Å². The molecule has 0 radical (unpaired) electrons. The zero-order valence-electron chi connectivity index (χ0n) is 27.6. The van der Waals surface area contributed by atoms with Crippen LogP contribution in [0.2, 0.25) is 0 Å². The molecule has 9 N–H and O–H groups in total. The summed E-state index contributed by atoms with van der Waals surface area (Å²) in [7, 11) is -5.03. The monoisotopic (exact) mass is 736 g/mol. The van der Waals surface area contributed by atoms with Crippen LogP contribution < -0.4 is 27.3 Å². The standard InChI is InChI=1S/C30H40N8O10S2/c1-29(2)23(26(40)38(29)48-50(43,44)45)36-25(39)22(19-14-49-28(33)35-19)37-47-30(3,27(41)42)21-12-8-15-13-16(7-11-20(15)46-21)24(32)34-18-6-4-5-17(31)9-10-18/h7,11,13-14,17-18,21,23H,4-6,8-10,12,31H2,1-3H3,(H2,32,34)(H2,33,35)(H,36,39)(H,41,42)(H,43,44,45)/b37-22-/t17-,18+,21-,23-,30+/m1/s1. The number of amidine groups is 1. The number of carboxylic acids is 1. The predicted octanol–water partition coefficient (Wildman–Crippen LogP) is 0.888. The van der Waals surface area contributed by atoms with Gasteiger partial charge in [-0.3, -0.25) is 19.1 Å². The quantitative estimate of drug-likeness (QED) is 0.0467. The molecule has 2 aliphatic heterocycles. The number of amides is 2. The minimum absolute atomic E-state index is 0.0602. The van der Waals surface area contributed by atoms with Gasteiger partial charge in [0.1, 0.15) is 23.3 Å². The Labute approximate surface area is 291 Å². The van der Waals surface area contributed by atoms with Gasteiger partial charge in [-0.25, -0.2) is 9.78 Å². The maximum atomic E-state index is 13.5. The van der Waals surface area contributed by atoms with Crippen LogP contribution in [0.4, 0.5) is 5.13 Å². The fraction of sp³-hybridized carbons (Fsp3) is 0.533. The number of nitrogens with two attached hydrogens (primary N) is 3. The van der Waals surface area contributed by atoms with Gasteiger partial charge in [-0.2, -0.15) is 13.5 Å². The van der Waals surface area contributed by atoms with Crippen LogP contribution in [0.5, 0.6) is 5.75 Å². The van der Waals surface area contributed by atoms with Crippen LogP contribution >= 0.6 is 11.3 Å². The molecule has 1 aromatic heterocycles. The van der Waals surface area contributed by atoms with Crippen molar-refractivity contribution in [3.05, 3.63) is 40.4 Å². The average Bonchev–Trinajstić information content (AvgIpc) is 3.38. The number of anilines is 1. The number of carbonyl (C=O) groups is 3. The van der Waals surface area contributed by atoms with Crippen LogP contribution in [0.1, 0.15) is 76.1 Å². The molecule has 1 aromatic carbocycles. The van der Waals surface area contributed by atoms with Crippen LogP contribution in [0.15, 0.2) is 33.7 Å². The van der Waals surface area contributed by atoms with Crippen LogP contribution in [-0.2, 0) is 40.3 Å². The molecule has 50 heavy (non-hydrogen) atoms. The van der Waals surface area contributed by atoms with Gasteiger partial charge in [0.2, 0.25) is 0 Å². The number of rotatable bonds is 11. The van der Waals surface area contributed by atoms with E-state index in [2.05, 4.69) is 19.7 Å². The third-order valence-electron chi connectivity index (χ3n) is 9.07. The minimum atomic E-state index is -5.03. The molecular formula is C30H40N8O10S2. The van der Waals surface area contributed by atoms with Gasteiger partial charge in [0.15, 0.2) is 16.9 Å². The molecule has 2 amide bonds. The van der Waals surface area contributed by atoms with Gasteiger partial charge in [-0.15, -0.1) is 15.6 Å². The van der Waals surface area contributed by atoms with E-state index >= 15 is 0 Å². The molecule has 5 atom stereocenters. The summed E-state index contributed by atoms with van der Waals surface area (Å²) in [6.07, 6.45) is 4.19. The number of carboxylic acid groups (broad SMARTS) is 1. The molecule has 20 heteroatoms. The topological polar surface area (TPSA) is 284 Å². The Hall–Kier alpha value is -4.37. The summed E-state index contributed by atoms with van der Waals surface area (Å²) in [5, 5.41) is 18.4. The summed E-state index contributed by atoms with van der Waals surface area (Å²) in [6, 6.07) is 4.25. The molecule has 272 valence electrons. The molecule has 3 aliphatic rings. The number of aliphatic imine (C=N–C) groups is 1. The lowest BCUT2D eigenvalue weighted by molar-refractivity contribution is -0.218. The highest BCUT2D eigenvalue weighted by molar-refractivity contribution is 7.80. The molecule has 0 unspecified atom stereocenters. The summed E-state index contributed by atoms with van der Waals surface area (Å²) < 4.78 is 41.8. The second-order valence-corrected chi connectivity index (χ2v) is 15.0. The van der Waals surface area contributed by atoms with Gasteiger partial charge in [0.25, 0.3) is 17.4 Å². The molecule has 0 bridgehead atoms. The van der Waals surface area contributed by atoms with Crippen LogP contribution in [0.3, 0.4) is 0 Å². The molecular weight excluding hydrogens is 697 g/mol. The number of aliphatic carboxylic acids is 1. The van der Waals surface area contributed by atoms with Gasteiger partial charge < -0.3 is 37.2 Å². The zero-order valence-corrected chi connectivity index (χ0v) is 29.2. The van der Waals surface area contributed by atoms with Crippen molar-refractivity contribution in [3.8, 4) is 5.75 Å². The summed E-state index contributed by atoms with van der Waals surface area (Å²) in [5.41, 5.74) is 15.6. The number of β-lactam (4-membered cyclic amide) rings is 1. The predicted molar refractivity (Wildman–Crippen MR) is 180 cm³/mol. The number of nitrogens with zero attached hydrogens (tertiary/aromatic N) is 4. The largest absolute Gasteiger partial charge is 0.485 e. The molecule has 18 nitrogen and oxygen atoms in total. The smallest absolute Gasteiger partial charge is 0.418 e. The number of hydroxylamine groups is 2. The Morgan fingerprint density at radius 2 is 1.96 bits per heavy atom. The normalized spacial score (nSPS) is 25.3. The van der Waals surface area contributed by atoms with Crippen molar-refractivity contribution < 1.29 is 46.3 Å². The van der Waals surface area contributed by atoms with E-state index in [-0.39, 0.29) is 29.3 Å². The van der Waals surface area contributed by atoms with E-state index in [1.54, 1.807) is 12.1 Å². The maximum absolute atomic E-state index is 13.5. The third kappa shape index (κ3) is 7.83. The SMILES string of the molecule is CC1(C)[C@H](NC(=O)/C(=N\O[C@](C)(C(=O)O)[C@H]2CCc3cc(C(N)=N[C@H]4CCC[C@@H](N)CC4)ccc3O2)c2csc(N)n2)C(=O)N1OS(=O)(=O)O. The number of carbonyl (C=O) groups excluding carboxylic acids is 2. The van der Waals surface area contributed by atoms with E-state index in [0.717, 1.165) is 54.6 Å². The van der Waals surface area contributed by atoms with Crippen molar-refractivity contribution >= 4 is 56.2 Å². The number of oxime groups is 1. The molecule has 2 fully saturated rings. The number of aryl methyl sites for hydroxylation is 1. The first-order valence-electron chi connectivity index (χ1n) is 15.8. The van der Waals surface area contributed by atoms with Crippen molar-refractivity contribution in [2.45, 2.75) is 101 Å². The zero-order chi connectivity index (χ0) is 36.6. The average molecular weight is 737 g/mol. The second kappa shape index (κ2) is 14.1. The van der Waals surface area contributed by atoms with E-state index in [0.29, 0.717) is 23.1 Å². The van der Waals surface area contributed by atoms with Gasteiger partial charge >= 0.3 is 16.4 Å². The third-order valence-corrected chi connectivity index (χ3v) is 10.1. The molecule has 0 spiro atoms. The van der Waals surface area contributed by atoms with E-state index in [1.165, 1.54) is 26.2 Å². The number of thiazole rings is 1. The summed E-state index contributed by atoms with van der Waals surface area (Å²) in [6.45, 7) is 3.99. The first kappa shape index (κ1) is 36.9. The van der Waals surface area contributed by atoms with E-state index < -0.39 is 57.2 Å². The lowest BCUT2D eigenvalue weighted by Gasteiger charge is -2.50.